The van der Waals surface area contributed by atoms with Crippen LogP contribution < -0.4 is 15.4 Å². The van der Waals surface area contributed by atoms with Crippen LogP contribution in [0.2, 0.25) is 0 Å². The predicted octanol–water partition coefficient (Wildman–Crippen LogP) is 2.77. The number of hydrogen-bond donors (Lipinski definition) is 2. The molecule has 156 valence electrons. The minimum atomic E-state index is 0. The molecule has 1 aromatic rings. The predicted molar refractivity (Wildman–Crippen MR) is 125 cm³/mol. The van der Waals surface area contributed by atoms with E-state index in [2.05, 4.69) is 39.7 Å². The van der Waals surface area contributed by atoms with Gasteiger partial charge in [0, 0.05) is 46.9 Å². The molecule has 0 amide bonds. The second-order valence-corrected chi connectivity index (χ2v) is 6.64. The molecule has 0 aliphatic rings. The fourth-order valence-corrected chi connectivity index (χ4v) is 2.51. The molecular weight excluding hydrogens is 455 g/mol. The maximum absolute atomic E-state index is 5.67. The standard InChI is InChI=1S/C20H36N4O2.HI/c1-17(2)26-19-9-7-18(8-10-19)11-12-22-20(21-3)23-13-15-24(4)14-6-16-25-5;/h7-10,17H,6,11-16H2,1-5H3,(H2,21,22,23);1H. The second-order valence-electron chi connectivity index (χ2n) is 6.64. The Hall–Kier alpha value is -1.06. The molecule has 0 aliphatic carbocycles. The first-order valence-corrected chi connectivity index (χ1v) is 9.42. The second kappa shape index (κ2) is 15.9. The van der Waals surface area contributed by atoms with Crippen LogP contribution in [-0.4, -0.2) is 71.0 Å². The molecule has 0 spiro atoms. The summed E-state index contributed by atoms with van der Waals surface area (Å²) in [6.07, 6.45) is 2.21. The van der Waals surface area contributed by atoms with E-state index in [1.807, 2.05) is 26.0 Å². The van der Waals surface area contributed by atoms with E-state index in [-0.39, 0.29) is 30.1 Å². The summed E-state index contributed by atoms with van der Waals surface area (Å²) in [5, 5.41) is 6.71. The molecule has 0 fully saturated rings. The Morgan fingerprint density at radius 2 is 1.78 bits per heavy atom. The van der Waals surface area contributed by atoms with Crippen molar-refractivity contribution in [2.75, 3.05) is 54.0 Å². The van der Waals surface area contributed by atoms with Gasteiger partial charge >= 0.3 is 0 Å². The minimum Gasteiger partial charge on any atom is -0.491 e. The van der Waals surface area contributed by atoms with Crippen LogP contribution in [0.25, 0.3) is 0 Å². The number of methoxy groups -OCH3 is 1. The van der Waals surface area contributed by atoms with E-state index in [0.29, 0.717) is 0 Å². The normalized spacial score (nSPS) is 11.4. The van der Waals surface area contributed by atoms with Crippen molar-refractivity contribution in [3.05, 3.63) is 29.8 Å². The Labute approximate surface area is 182 Å². The molecule has 0 unspecified atom stereocenters. The van der Waals surface area contributed by atoms with Gasteiger partial charge in [0.15, 0.2) is 5.96 Å². The summed E-state index contributed by atoms with van der Waals surface area (Å²) in [6.45, 7) is 8.60. The van der Waals surface area contributed by atoms with E-state index in [0.717, 1.165) is 57.3 Å². The van der Waals surface area contributed by atoms with Gasteiger partial charge < -0.3 is 25.0 Å². The number of nitrogens with one attached hydrogen (secondary N) is 2. The van der Waals surface area contributed by atoms with Gasteiger partial charge in [-0.05, 0) is 51.4 Å². The van der Waals surface area contributed by atoms with Crippen molar-refractivity contribution >= 4 is 29.9 Å². The number of guanidine groups is 1. The molecule has 6 nitrogen and oxygen atoms in total. The number of benzene rings is 1. The maximum Gasteiger partial charge on any atom is 0.191 e. The highest BCUT2D eigenvalue weighted by Crippen LogP contribution is 2.13. The number of aliphatic imine (C=N–C) groups is 1. The summed E-state index contributed by atoms with van der Waals surface area (Å²) in [6, 6.07) is 8.29. The first kappa shape index (κ1) is 25.9. The van der Waals surface area contributed by atoms with Gasteiger partial charge in [-0.15, -0.1) is 24.0 Å². The number of likely N-dealkylation sites (N-methyl/N-ethyl adjacent to an activating group) is 1. The van der Waals surface area contributed by atoms with E-state index < -0.39 is 0 Å². The molecule has 0 radical (unpaired) electrons. The Kier molecular flexibility index (Phi) is 15.3. The van der Waals surface area contributed by atoms with Crippen LogP contribution >= 0.6 is 24.0 Å². The van der Waals surface area contributed by atoms with Crippen molar-refractivity contribution in [2.45, 2.75) is 32.8 Å². The summed E-state index contributed by atoms with van der Waals surface area (Å²) >= 11 is 0. The van der Waals surface area contributed by atoms with Crippen LogP contribution in [0.15, 0.2) is 29.3 Å². The summed E-state index contributed by atoms with van der Waals surface area (Å²) in [5.41, 5.74) is 1.28. The van der Waals surface area contributed by atoms with Crippen LogP contribution in [0.1, 0.15) is 25.8 Å². The van der Waals surface area contributed by atoms with Gasteiger partial charge in [-0.1, -0.05) is 12.1 Å². The summed E-state index contributed by atoms with van der Waals surface area (Å²) in [4.78, 5) is 6.57. The average molecular weight is 492 g/mol. The van der Waals surface area contributed by atoms with E-state index >= 15 is 0 Å². The van der Waals surface area contributed by atoms with Crippen molar-refractivity contribution in [2.24, 2.45) is 4.99 Å². The molecule has 1 rings (SSSR count). The Morgan fingerprint density at radius 1 is 1.11 bits per heavy atom. The zero-order chi connectivity index (χ0) is 19.2. The van der Waals surface area contributed by atoms with Gasteiger partial charge in [-0.2, -0.15) is 0 Å². The van der Waals surface area contributed by atoms with E-state index in [1.165, 1.54) is 5.56 Å². The topological polar surface area (TPSA) is 58.1 Å². The summed E-state index contributed by atoms with van der Waals surface area (Å²) in [7, 11) is 5.67. The molecule has 0 bridgehead atoms. The molecule has 0 aromatic heterocycles. The number of nitrogens with zero attached hydrogens (tertiary/aromatic N) is 2. The van der Waals surface area contributed by atoms with Crippen LogP contribution in [-0.2, 0) is 11.2 Å². The van der Waals surface area contributed by atoms with Gasteiger partial charge in [0.05, 0.1) is 6.10 Å². The van der Waals surface area contributed by atoms with Gasteiger partial charge in [0.1, 0.15) is 5.75 Å². The fraction of sp³-hybridized carbons (Fsp3) is 0.650. The van der Waals surface area contributed by atoms with Crippen molar-refractivity contribution in [1.82, 2.24) is 15.5 Å². The summed E-state index contributed by atoms with van der Waals surface area (Å²) in [5.74, 6) is 1.76. The number of ether oxygens (including phenoxy) is 2. The van der Waals surface area contributed by atoms with Gasteiger partial charge in [0.2, 0.25) is 0 Å². The third-order valence-electron chi connectivity index (χ3n) is 3.90. The molecule has 27 heavy (non-hydrogen) atoms. The first-order chi connectivity index (χ1) is 12.5. The van der Waals surface area contributed by atoms with E-state index in [9.17, 15) is 0 Å². The molecule has 0 saturated heterocycles. The van der Waals surface area contributed by atoms with Crippen LogP contribution in [0, 0.1) is 0 Å². The highest BCUT2D eigenvalue weighted by Gasteiger charge is 2.02. The quantitative estimate of drug-likeness (QED) is 0.204. The van der Waals surface area contributed by atoms with E-state index in [1.54, 1.807) is 14.2 Å². The zero-order valence-corrected chi connectivity index (χ0v) is 19.8. The van der Waals surface area contributed by atoms with Crippen molar-refractivity contribution < 1.29 is 9.47 Å². The number of halogens is 1. The average Bonchev–Trinajstić information content (AvgIpc) is 2.61. The largest absolute Gasteiger partial charge is 0.491 e. The van der Waals surface area contributed by atoms with Crippen LogP contribution in [0.4, 0.5) is 0 Å². The number of rotatable bonds is 12. The summed E-state index contributed by atoms with van der Waals surface area (Å²) < 4.78 is 10.7. The molecule has 0 heterocycles. The molecule has 1 aromatic carbocycles. The van der Waals surface area contributed by atoms with Crippen molar-refractivity contribution in [3.63, 3.8) is 0 Å². The lowest BCUT2D eigenvalue weighted by Crippen LogP contribution is -2.41. The SMILES string of the molecule is CN=C(NCCc1ccc(OC(C)C)cc1)NCCN(C)CCCOC.I. The molecule has 2 N–H and O–H groups in total. The highest BCUT2D eigenvalue weighted by atomic mass is 127. The van der Waals surface area contributed by atoms with Crippen LogP contribution in [0.5, 0.6) is 5.75 Å². The molecule has 0 saturated carbocycles. The zero-order valence-electron chi connectivity index (χ0n) is 17.5. The monoisotopic (exact) mass is 492 g/mol. The fourth-order valence-electron chi connectivity index (χ4n) is 2.51. The molecule has 0 aliphatic heterocycles. The Balaban J connectivity index is 0.00000676. The van der Waals surface area contributed by atoms with E-state index in [4.69, 9.17) is 9.47 Å². The Bertz CT molecular complexity index is 509. The Morgan fingerprint density at radius 3 is 2.37 bits per heavy atom. The third kappa shape index (κ3) is 12.9. The molecule has 0 atom stereocenters. The minimum absolute atomic E-state index is 0. The van der Waals surface area contributed by atoms with Gasteiger partial charge in [-0.3, -0.25) is 4.99 Å². The van der Waals surface area contributed by atoms with Crippen molar-refractivity contribution in [3.8, 4) is 5.75 Å². The third-order valence-corrected chi connectivity index (χ3v) is 3.90. The number of hydrogen-bond acceptors (Lipinski definition) is 4. The lowest BCUT2D eigenvalue weighted by Gasteiger charge is -2.18. The van der Waals surface area contributed by atoms with Gasteiger partial charge in [0.25, 0.3) is 0 Å². The molecule has 7 heteroatoms. The first-order valence-electron chi connectivity index (χ1n) is 9.42. The lowest BCUT2D eigenvalue weighted by molar-refractivity contribution is 0.180. The maximum atomic E-state index is 5.67. The lowest BCUT2D eigenvalue weighted by atomic mass is 10.1. The van der Waals surface area contributed by atoms with Crippen molar-refractivity contribution in [1.29, 1.82) is 0 Å². The smallest absolute Gasteiger partial charge is 0.191 e. The highest BCUT2D eigenvalue weighted by molar-refractivity contribution is 14.0. The van der Waals surface area contributed by atoms with Crippen LogP contribution in [0.3, 0.4) is 0 Å². The molecular formula is C20H37IN4O2. The van der Waals surface area contributed by atoms with Gasteiger partial charge in [-0.25, -0.2) is 0 Å².